The lowest BCUT2D eigenvalue weighted by Gasteiger charge is -2.17. The number of likely N-dealkylation sites (tertiary alicyclic amines) is 1. The van der Waals surface area contributed by atoms with E-state index >= 15 is 0 Å². The maximum absolute atomic E-state index is 11.7. The van der Waals surface area contributed by atoms with E-state index in [1.165, 1.54) is 0 Å². The second-order valence-electron chi connectivity index (χ2n) is 4.64. The van der Waals surface area contributed by atoms with E-state index in [4.69, 9.17) is 9.47 Å². The molecule has 0 aromatic rings. The molecule has 0 aromatic carbocycles. The summed E-state index contributed by atoms with van der Waals surface area (Å²) in [6.07, 6.45) is 1.61. The van der Waals surface area contributed by atoms with Crippen molar-refractivity contribution in [2.75, 3.05) is 52.6 Å². The third-order valence-electron chi connectivity index (χ3n) is 3.00. The summed E-state index contributed by atoms with van der Waals surface area (Å²) in [5.74, 6) is 0.113. The maximum Gasteiger partial charge on any atom is 0.236 e. The Morgan fingerprint density at radius 1 is 1.32 bits per heavy atom. The quantitative estimate of drug-likeness (QED) is 0.531. The van der Waals surface area contributed by atoms with Crippen molar-refractivity contribution in [1.29, 1.82) is 0 Å². The molecule has 0 aliphatic carbocycles. The molecule has 0 bridgehead atoms. The largest absolute Gasteiger partial charge is 0.389 e. The Hall–Kier alpha value is -0.690. The normalized spacial score (nSPS) is 16.8. The number of ether oxygens (including phenoxy) is 2. The van der Waals surface area contributed by atoms with Crippen LogP contribution < -0.4 is 5.32 Å². The molecule has 1 heterocycles. The molecule has 112 valence electrons. The van der Waals surface area contributed by atoms with Crippen molar-refractivity contribution in [1.82, 2.24) is 10.2 Å². The van der Waals surface area contributed by atoms with E-state index in [1.807, 2.05) is 11.8 Å². The Morgan fingerprint density at radius 3 is 2.68 bits per heavy atom. The summed E-state index contributed by atoms with van der Waals surface area (Å²) in [5.41, 5.74) is 0. The highest BCUT2D eigenvalue weighted by Crippen LogP contribution is 2.06. The lowest BCUT2D eigenvalue weighted by atomic mass is 10.3. The molecule has 1 aliphatic rings. The molecule has 0 aromatic heterocycles. The highest BCUT2D eigenvalue weighted by Gasteiger charge is 2.17. The highest BCUT2D eigenvalue weighted by atomic mass is 16.5. The van der Waals surface area contributed by atoms with Crippen molar-refractivity contribution in [3.8, 4) is 0 Å². The van der Waals surface area contributed by atoms with Crippen LogP contribution in [-0.2, 0) is 14.3 Å². The molecule has 1 rings (SSSR count). The standard InChI is InChI=1S/C13H26N2O4/c1-2-18-7-8-19-11-12(16)9-14-10-13(17)15-5-3-4-6-15/h12,14,16H,2-11H2,1H3. The number of nitrogens with one attached hydrogen (secondary N) is 1. The van der Waals surface area contributed by atoms with Gasteiger partial charge in [0.05, 0.1) is 32.5 Å². The molecule has 1 amide bonds. The zero-order chi connectivity index (χ0) is 13.9. The lowest BCUT2D eigenvalue weighted by Crippen LogP contribution is -2.39. The average Bonchev–Trinajstić information content (AvgIpc) is 2.92. The highest BCUT2D eigenvalue weighted by molar-refractivity contribution is 5.78. The van der Waals surface area contributed by atoms with Crippen molar-refractivity contribution >= 4 is 5.91 Å². The number of nitrogens with zero attached hydrogens (tertiary/aromatic N) is 1. The first-order valence-electron chi connectivity index (χ1n) is 7.06. The molecule has 0 radical (unpaired) electrons. The predicted octanol–water partition coefficient (Wildman–Crippen LogP) is -0.388. The molecular formula is C13H26N2O4. The van der Waals surface area contributed by atoms with Gasteiger partial charge >= 0.3 is 0 Å². The molecule has 1 saturated heterocycles. The molecule has 1 aliphatic heterocycles. The first-order chi connectivity index (χ1) is 9.24. The van der Waals surface area contributed by atoms with Crippen LogP contribution in [0.4, 0.5) is 0 Å². The molecule has 0 saturated carbocycles. The molecule has 1 atom stereocenters. The van der Waals surface area contributed by atoms with Gasteiger partial charge in [-0.25, -0.2) is 0 Å². The SMILES string of the molecule is CCOCCOCC(O)CNCC(=O)N1CCCC1. The van der Waals surface area contributed by atoms with Crippen molar-refractivity contribution in [2.45, 2.75) is 25.9 Å². The smallest absolute Gasteiger partial charge is 0.236 e. The minimum atomic E-state index is -0.590. The molecule has 1 unspecified atom stereocenters. The van der Waals surface area contributed by atoms with Gasteiger partial charge in [0, 0.05) is 26.2 Å². The van der Waals surface area contributed by atoms with E-state index in [0.29, 0.717) is 26.4 Å². The second kappa shape index (κ2) is 10.1. The first-order valence-corrected chi connectivity index (χ1v) is 7.06. The van der Waals surface area contributed by atoms with Gasteiger partial charge in [-0.15, -0.1) is 0 Å². The Bertz CT molecular complexity index is 245. The number of rotatable bonds is 10. The Balaban J connectivity index is 1.94. The topological polar surface area (TPSA) is 71.0 Å². The summed E-state index contributed by atoms with van der Waals surface area (Å²) in [4.78, 5) is 13.6. The Morgan fingerprint density at radius 2 is 2.00 bits per heavy atom. The van der Waals surface area contributed by atoms with Crippen LogP contribution in [0.3, 0.4) is 0 Å². The minimum absolute atomic E-state index is 0.113. The van der Waals surface area contributed by atoms with Gasteiger partial charge in [-0.05, 0) is 19.8 Å². The van der Waals surface area contributed by atoms with Gasteiger partial charge in [0.1, 0.15) is 0 Å². The van der Waals surface area contributed by atoms with E-state index < -0.39 is 6.10 Å². The first kappa shape index (κ1) is 16.4. The fourth-order valence-electron chi connectivity index (χ4n) is 1.96. The fraction of sp³-hybridized carbons (Fsp3) is 0.923. The van der Waals surface area contributed by atoms with Crippen LogP contribution in [0.15, 0.2) is 0 Å². The van der Waals surface area contributed by atoms with Gasteiger partial charge in [0.2, 0.25) is 5.91 Å². The molecule has 2 N–H and O–H groups in total. The third kappa shape index (κ3) is 7.47. The lowest BCUT2D eigenvalue weighted by molar-refractivity contribution is -0.129. The minimum Gasteiger partial charge on any atom is -0.389 e. The molecule has 1 fully saturated rings. The molecule has 19 heavy (non-hydrogen) atoms. The summed E-state index contributed by atoms with van der Waals surface area (Å²) < 4.78 is 10.4. The van der Waals surface area contributed by atoms with Gasteiger partial charge in [-0.1, -0.05) is 0 Å². The number of aliphatic hydroxyl groups excluding tert-OH is 1. The third-order valence-corrected chi connectivity index (χ3v) is 3.00. The Kier molecular flexibility index (Phi) is 8.73. The molecule has 6 heteroatoms. The van der Waals surface area contributed by atoms with E-state index in [9.17, 15) is 9.90 Å². The number of hydrogen-bond donors (Lipinski definition) is 2. The zero-order valence-corrected chi connectivity index (χ0v) is 11.8. The average molecular weight is 274 g/mol. The van der Waals surface area contributed by atoms with Crippen molar-refractivity contribution in [2.24, 2.45) is 0 Å². The van der Waals surface area contributed by atoms with E-state index in [2.05, 4.69) is 5.32 Å². The number of hydrogen-bond acceptors (Lipinski definition) is 5. The van der Waals surface area contributed by atoms with E-state index in [-0.39, 0.29) is 19.1 Å². The van der Waals surface area contributed by atoms with Gasteiger partial charge in [-0.2, -0.15) is 0 Å². The molecule has 0 spiro atoms. The van der Waals surface area contributed by atoms with E-state index in [0.717, 1.165) is 25.9 Å². The summed E-state index contributed by atoms with van der Waals surface area (Å²) in [6.45, 7) is 6.28. The van der Waals surface area contributed by atoms with Crippen molar-refractivity contribution in [3.63, 3.8) is 0 Å². The van der Waals surface area contributed by atoms with Crippen molar-refractivity contribution < 1.29 is 19.4 Å². The summed E-state index contributed by atoms with van der Waals surface area (Å²) in [5, 5.41) is 12.6. The van der Waals surface area contributed by atoms with Crippen LogP contribution in [0.1, 0.15) is 19.8 Å². The number of amides is 1. The van der Waals surface area contributed by atoms with Crippen LogP contribution in [0.25, 0.3) is 0 Å². The second-order valence-corrected chi connectivity index (χ2v) is 4.64. The monoisotopic (exact) mass is 274 g/mol. The van der Waals surface area contributed by atoms with Crippen LogP contribution in [0.2, 0.25) is 0 Å². The molecular weight excluding hydrogens is 248 g/mol. The number of carbonyl (C=O) groups excluding carboxylic acids is 1. The van der Waals surface area contributed by atoms with Gasteiger partial charge in [0.15, 0.2) is 0 Å². The van der Waals surface area contributed by atoms with Crippen LogP contribution in [0, 0.1) is 0 Å². The van der Waals surface area contributed by atoms with Gasteiger partial charge in [0.25, 0.3) is 0 Å². The zero-order valence-electron chi connectivity index (χ0n) is 11.8. The number of aliphatic hydroxyl groups is 1. The maximum atomic E-state index is 11.7. The fourth-order valence-corrected chi connectivity index (χ4v) is 1.96. The summed E-state index contributed by atoms with van der Waals surface area (Å²) in [7, 11) is 0. The van der Waals surface area contributed by atoms with Crippen LogP contribution in [0.5, 0.6) is 0 Å². The van der Waals surface area contributed by atoms with Crippen LogP contribution in [-0.4, -0.2) is 74.6 Å². The van der Waals surface area contributed by atoms with E-state index in [1.54, 1.807) is 0 Å². The molecule has 6 nitrogen and oxygen atoms in total. The van der Waals surface area contributed by atoms with Crippen LogP contribution >= 0.6 is 0 Å². The van der Waals surface area contributed by atoms with Gasteiger partial charge < -0.3 is 24.8 Å². The van der Waals surface area contributed by atoms with Crippen molar-refractivity contribution in [3.05, 3.63) is 0 Å². The van der Waals surface area contributed by atoms with Gasteiger partial charge in [-0.3, -0.25) is 4.79 Å². The predicted molar refractivity (Wildman–Crippen MR) is 72.0 cm³/mol. The Labute approximate surface area is 115 Å². The number of carbonyl (C=O) groups is 1. The summed E-state index contributed by atoms with van der Waals surface area (Å²) in [6, 6.07) is 0. The summed E-state index contributed by atoms with van der Waals surface area (Å²) >= 11 is 0.